The van der Waals surface area contributed by atoms with E-state index in [4.69, 9.17) is 11.6 Å². The first-order chi connectivity index (χ1) is 12.1. The van der Waals surface area contributed by atoms with Crippen molar-refractivity contribution in [3.63, 3.8) is 0 Å². The third-order valence-electron chi connectivity index (χ3n) is 4.24. The Balaban J connectivity index is 1.56. The molecule has 3 aromatic carbocycles. The maximum Gasteiger partial charge on any atom is 0.234 e. The minimum absolute atomic E-state index is 0.0351. The maximum absolute atomic E-state index is 12.1. The Hall–Kier alpha value is -2.36. The van der Waals surface area contributed by atoms with Crippen LogP contribution in [0.25, 0.3) is 10.8 Å². The molecular formula is C21H21ClN2O. The lowest BCUT2D eigenvalue weighted by Gasteiger charge is -2.16. The second kappa shape index (κ2) is 8.15. The van der Waals surface area contributed by atoms with E-state index in [1.165, 1.54) is 16.3 Å². The topological polar surface area (TPSA) is 41.1 Å². The number of amides is 1. The number of fused-ring (bicyclic) bond motifs is 1. The molecule has 0 spiro atoms. The molecule has 3 rings (SSSR count). The predicted octanol–water partition coefficient (Wildman–Crippen LogP) is 4.46. The van der Waals surface area contributed by atoms with Crippen LogP contribution in [0, 0.1) is 0 Å². The molecule has 0 aliphatic heterocycles. The minimum Gasteiger partial charge on any atom is -0.351 e. The minimum atomic E-state index is -0.0351. The van der Waals surface area contributed by atoms with Gasteiger partial charge in [-0.05, 0) is 41.0 Å². The van der Waals surface area contributed by atoms with Crippen LogP contribution in [0.15, 0.2) is 66.7 Å². The smallest absolute Gasteiger partial charge is 0.234 e. The number of hydrogen-bond acceptors (Lipinski definition) is 2. The van der Waals surface area contributed by atoms with Gasteiger partial charge >= 0.3 is 0 Å². The fourth-order valence-electron chi connectivity index (χ4n) is 2.89. The van der Waals surface area contributed by atoms with E-state index in [0.29, 0.717) is 11.6 Å². The molecule has 0 heterocycles. The van der Waals surface area contributed by atoms with Crippen molar-refractivity contribution in [2.24, 2.45) is 0 Å². The van der Waals surface area contributed by atoms with Gasteiger partial charge in [-0.15, -0.1) is 0 Å². The number of rotatable bonds is 6. The van der Waals surface area contributed by atoms with E-state index in [9.17, 15) is 4.79 Å². The highest BCUT2D eigenvalue weighted by molar-refractivity contribution is 6.30. The average molecular weight is 353 g/mol. The summed E-state index contributed by atoms with van der Waals surface area (Å²) in [7, 11) is 0. The van der Waals surface area contributed by atoms with Gasteiger partial charge in [-0.2, -0.15) is 0 Å². The Bertz CT molecular complexity index is 873. The molecule has 3 aromatic rings. The largest absolute Gasteiger partial charge is 0.351 e. The molecule has 1 amide bonds. The van der Waals surface area contributed by atoms with Crippen LogP contribution in [0.2, 0.25) is 5.02 Å². The highest BCUT2D eigenvalue weighted by Gasteiger charge is 2.10. The van der Waals surface area contributed by atoms with Gasteiger partial charge in [0.1, 0.15) is 0 Å². The molecule has 0 aliphatic rings. The molecule has 4 heteroatoms. The lowest BCUT2D eigenvalue weighted by Crippen LogP contribution is -2.34. The van der Waals surface area contributed by atoms with Gasteiger partial charge in [-0.25, -0.2) is 0 Å². The highest BCUT2D eigenvalue weighted by Crippen LogP contribution is 2.23. The summed E-state index contributed by atoms with van der Waals surface area (Å²) in [5.74, 6) is -0.0351. The molecule has 1 atom stereocenters. The molecule has 0 radical (unpaired) electrons. The van der Waals surface area contributed by atoms with Crippen LogP contribution in [-0.2, 0) is 11.3 Å². The maximum atomic E-state index is 12.1. The normalized spacial score (nSPS) is 12.1. The van der Waals surface area contributed by atoms with Crippen LogP contribution in [0.4, 0.5) is 0 Å². The van der Waals surface area contributed by atoms with E-state index in [0.717, 1.165) is 5.56 Å². The first-order valence-electron chi connectivity index (χ1n) is 8.35. The summed E-state index contributed by atoms with van der Waals surface area (Å²) in [4.78, 5) is 12.1. The standard InChI is InChI=1S/C21H21ClN2O/c1-15(19-11-5-8-17-7-2-3-10-20(17)19)23-14-21(25)24-13-16-6-4-9-18(22)12-16/h2-12,15,23H,13-14H2,1H3,(H,24,25)/t15-/m0/s1. The van der Waals surface area contributed by atoms with Crippen LogP contribution in [0.5, 0.6) is 0 Å². The summed E-state index contributed by atoms with van der Waals surface area (Å²) in [5, 5.41) is 9.31. The zero-order valence-electron chi connectivity index (χ0n) is 14.1. The van der Waals surface area contributed by atoms with Gasteiger partial charge in [0.15, 0.2) is 0 Å². The Kier molecular flexibility index (Phi) is 5.69. The second-order valence-electron chi connectivity index (χ2n) is 6.08. The zero-order chi connectivity index (χ0) is 17.6. The summed E-state index contributed by atoms with van der Waals surface area (Å²) in [5.41, 5.74) is 2.18. The summed E-state index contributed by atoms with van der Waals surface area (Å²) < 4.78 is 0. The summed E-state index contributed by atoms with van der Waals surface area (Å²) in [6.07, 6.45) is 0. The SMILES string of the molecule is C[C@H](NCC(=O)NCc1cccc(Cl)c1)c1cccc2ccccc12. The molecule has 0 saturated heterocycles. The Labute approximate surface area is 153 Å². The molecule has 0 fully saturated rings. The molecule has 0 unspecified atom stereocenters. The van der Waals surface area contributed by atoms with E-state index < -0.39 is 0 Å². The number of benzene rings is 3. The van der Waals surface area contributed by atoms with Gasteiger partial charge in [-0.1, -0.05) is 66.2 Å². The summed E-state index contributed by atoms with van der Waals surface area (Å²) >= 11 is 5.95. The van der Waals surface area contributed by atoms with Crippen LogP contribution < -0.4 is 10.6 Å². The van der Waals surface area contributed by atoms with Crippen molar-refractivity contribution >= 4 is 28.3 Å². The van der Waals surface area contributed by atoms with Crippen molar-refractivity contribution < 1.29 is 4.79 Å². The van der Waals surface area contributed by atoms with Crippen molar-refractivity contribution in [1.29, 1.82) is 0 Å². The monoisotopic (exact) mass is 352 g/mol. The Morgan fingerprint density at radius 1 is 1.04 bits per heavy atom. The van der Waals surface area contributed by atoms with Crippen LogP contribution in [0.1, 0.15) is 24.1 Å². The van der Waals surface area contributed by atoms with Gasteiger partial charge in [0, 0.05) is 17.6 Å². The first-order valence-corrected chi connectivity index (χ1v) is 8.73. The second-order valence-corrected chi connectivity index (χ2v) is 6.51. The molecular weight excluding hydrogens is 332 g/mol. The molecule has 25 heavy (non-hydrogen) atoms. The van der Waals surface area contributed by atoms with Gasteiger partial charge in [0.05, 0.1) is 6.54 Å². The van der Waals surface area contributed by atoms with Gasteiger partial charge in [0.25, 0.3) is 0 Å². The number of hydrogen-bond donors (Lipinski definition) is 2. The number of halogens is 1. The van der Waals surface area contributed by atoms with Gasteiger partial charge < -0.3 is 10.6 Å². The predicted molar refractivity (Wildman–Crippen MR) is 104 cm³/mol. The lowest BCUT2D eigenvalue weighted by atomic mass is 10.00. The zero-order valence-corrected chi connectivity index (χ0v) is 14.9. The van der Waals surface area contributed by atoms with E-state index in [2.05, 4.69) is 47.9 Å². The van der Waals surface area contributed by atoms with E-state index >= 15 is 0 Å². The van der Waals surface area contributed by atoms with Crippen molar-refractivity contribution in [2.45, 2.75) is 19.5 Å². The van der Waals surface area contributed by atoms with Crippen molar-refractivity contribution in [2.75, 3.05) is 6.54 Å². The van der Waals surface area contributed by atoms with Crippen molar-refractivity contribution in [3.8, 4) is 0 Å². The van der Waals surface area contributed by atoms with E-state index in [-0.39, 0.29) is 18.5 Å². The quantitative estimate of drug-likeness (QED) is 0.687. The van der Waals surface area contributed by atoms with Gasteiger partial charge in [0.2, 0.25) is 5.91 Å². The molecule has 0 aromatic heterocycles. The molecule has 128 valence electrons. The fourth-order valence-corrected chi connectivity index (χ4v) is 3.11. The first kappa shape index (κ1) is 17.5. The average Bonchev–Trinajstić information content (AvgIpc) is 2.64. The number of carbonyl (C=O) groups excluding carboxylic acids is 1. The highest BCUT2D eigenvalue weighted by atomic mass is 35.5. The Morgan fingerprint density at radius 2 is 1.80 bits per heavy atom. The van der Waals surface area contributed by atoms with E-state index in [1.54, 1.807) is 0 Å². The lowest BCUT2D eigenvalue weighted by molar-refractivity contribution is -0.120. The summed E-state index contributed by atoms with van der Waals surface area (Å²) in [6, 6.07) is 22.1. The molecule has 3 nitrogen and oxygen atoms in total. The van der Waals surface area contributed by atoms with Crippen molar-refractivity contribution in [3.05, 3.63) is 82.9 Å². The molecule has 0 aliphatic carbocycles. The van der Waals surface area contributed by atoms with Crippen molar-refractivity contribution in [1.82, 2.24) is 10.6 Å². The van der Waals surface area contributed by atoms with Crippen LogP contribution in [0.3, 0.4) is 0 Å². The molecule has 0 bridgehead atoms. The molecule has 2 N–H and O–H groups in total. The third-order valence-corrected chi connectivity index (χ3v) is 4.47. The third kappa shape index (κ3) is 4.59. The molecule has 0 saturated carbocycles. The van der Waals surface area contributed by atoms with E-state index in [1.807, 2.05) is 36.4 Å². The number of nitrogens with one attached hydrogen (secondary N) is 2. The number of carbonyl (C=O) groups is 1. The van der Waals surface area contributed by atoms with Crippen LogP contribution in [-0.4, -0.2) is 12.5 Å². The Morgan fingerprint density at radius 3 is 2.64 bits per heavy atom. The summed E-state index contributed by atoms with van der Waals surface area (Å²) in [6.45, 7) is 2.82. The van der Waals surface area contributed by atoms with Crippen LogP contribution >= 0.6 is 11.6 Å². The van der Waals surface area contributed by atoms with Gasteiger partial charge in [-0.3, -0.25) is 4.79 Å². The fraction of sp³-hybridized carbons (Fsp3) is 0.190.